The van der Waals surface area contributed by atoms with Crippen LogP contribution in [0.5, 0.6) is 0 Å². The van der Waals surface area contributed by atoms with E-state index in [1.165, 1.54) is 12.6 Å². The van der Waals surface area contributed by atoms with Crippen molar-refractivity contribution in [3.63, 3.8) is 0 Å². The van der Waals surface area contributed by atoms with Gasteiger partial charge >= 0.3 is 0 Å². The molecule has 0 aromatic rings. The molecule has 0 aromatic carbocycles. The van der Waals surface area contributed by atoms with Gasteiger partial charge in [-0.3, -0.25) is 4.79 Å². The van der Waals surface area contributed by atoms with E-state index in [0.717, 1.165) is 0 Å². The van der Waals surface area contributed by atoms with Crippen molar-refractivity contribution < 1.29 is 4.79 Å². The monoisotopic (exact) mass is 388 g/mol. The molecule has 3 unspecified atom stereocenters. The molecule has 0 amide bonds. The maximum atomic E-state index is 13.6. The number of ketones is 1. The van der Waals surface area contributed by atoms with Gasteiger partial charge in [0.2, 0.25) is 0 Å². The fraction of sp³-hybridized carbons (Fsp3) is 0.696. The van der Waals surface area contributed by atoms with Crippen LogP contribution in [-0.4, -0.2) is 33.8 Å². The molecular weight excluding hydrogens is 354 g/mol. The number of carbonyl (C=O) groups excluding carboxylic acids is 1. The molecule has 3 heteroatoms. The lowest BCUT2D eigenvalue weighted by Crippen LogP contribution is -2.52. The van der Waals surface area contributed by atoms with E-state index in [0.29, 0.717) is 16.3 Å². The highest BCUT2D eigenvalue weighted by atomic mass is 31.2. The number of carbonyl (C=O) groups is 1. The molecule has 26 heavy (non-hydrogen) atoms. The lowest BCUT2D eigenvalue weighted by molar-refractivity contribution is -0.117. The highest BCUT2D eigenvalue weighted by Gasteiger charge is 2.67. The number of hydrogen-bond acceptors (Lipinski definition) is 1. The van der Waals surface area contributed by atoms with Crippen LogP contribution in [0.25, 0.3) is 0 Å². The zero-order valence-corrected chi connectivity index (χ0v) is 19.5. The van der Waals surface area contributed by atoms with E-state index in [1.807, 2.05) is 0 Å². The Kier molecular flexibility index (Phi) is 4.14. The van der Waals surface area contributed by atoms with E-state index < -0.39 is 7.92 Å². The second-order valence-corrected chi connectivity index (χ2v) is 16.5. The molecular formula is C23H34OP2. The number of allylic oxidation sites excluding steroid dienone is 6. The quantitative estimate of drug-likeness (QED) is 0.334. The normalized spacial score (nSPS) is 42.1. The number of Topliss-reactive ketones (excluding diaryl/α,β-unsaturated/α-hetero) is 1. The summed E-state index contributed by atoms with van der Waals surface area (Å²) >= 11 is 0. The molecule has 142 valence electrons. The third-order valence-electron chi connectivity index (χ3n) is 7.27. The molecule has 6 atom stereocenters. The van der Waals surface area contributed by atoms with Gasteiger partial charge in [0.1, 0.15) is 0 Å². The first-order chi connectivity index (χ1) is 11.9. The zero-order valence-electron chi connectivity index (χ0n) is 17.7. The van der Waals surface area contributed by atoms with Crippen molar-refractivity contribution in [2.75, 3.05) is 6.16 Å². The molecule has 0 N–H and O–H groups in total. The van der Waals surface area contributed by atoms with E-state index in [9.17, 15) is 4.79 Å². The Labute approximate surface area is 162 Å². The molecule has 5 heterocycles. The van der Waals surface area contributed by atoms with Gasteiger partial charge in [-0.05, 0) is 37.3 Å². The highest BCUT2D eigenvalue weighted by Crippen LogP contribution is 2.87. The van der Waals surface area contributed by atoms with Crippen molar-refractivity contribution in [3.8, 4) is 0 Å². The van der Waals surface area contributed by atoms with Crippen LogP contribution in [0.1, 0.15) is 61.8 Å². The Balaban J connectivity index is 2.00. The van der Waals surface area contributed by atoms with E-state index in [1.54, 1.807) is 16.7 Å². The topological polar surface area (TPSA) is 17.1 Å². The Bertz CT molecular complexity index is 758. The maximum Gasteiger partial charge on any atom is 0.155 e. The molecule has 0 aromatic heterocycles. The van der Waals surface area contributed by atoms with Crippen LogP contribution in [0.15, 0.2) is 34.9 Å². The average molecular weight is 388 g/mol. The van der Waals surface area contributed by atoms with E-state index in [-0.39, 0.29) is 30.1 Å². The summed E-state index contributed by atoms with van der Waals surface area (Å²) in [5.74, 6) is 0.562. The summed E-state index contributed by atoms with van der Waals surface area (Å²) in [5.41, 5.74) is 6.04. The van der Waals surface area contributed by atoms with Crippen LogP contribution in [0.3, 0.4) is 0 Å². The van der Waals surface area contributed by atoms with Crippen molar-refractivity contribution in [3.05, 3.63) is 34.9 Å². The largest absolute Gasteiger partial charge is 0.298 e. The standard InChI is InChI=1S/C23H34OP2/c1-14-12-23(22(6,7)8)25(13-15(14)2)19-11-16(21(3,4)5)17-9-10-18(20(19)24)26(17)23/h9-11,17-19H,12-13H2,1-8H3/t17?,18-,19+,23+,25?,26?/m1/s1. The van der Waals surface area contributed by atoms with Gasteiger partial charge in [0.15, 0.2) is 5.78 Å². The Hall–Kier alpha value is -0.250. The van der Waals surface area contributed by atoms with Crippen molar-refractivity contribution in [2.45, 2.75) is 83.7 Å². The van der Waals surface area contributed by atoms with Crippen molar-refractivity contribution in [2.24, 2.45) is 10.8 Å². The smallest absolute Gasteiger partial charge is 0.155 e. The molecule has 1 nitrogen and oxygen atoms in total. The van der Waals surface area contributed by atoms with Gasteiger partial charge in [-0.15, -0.1) is 0 Å². The Morgan fingerprint density at radius 1 is 0.962 bits per heavy atom. The number of hydrogen-bond donors (Lipinski definition) is 0. The van der Waals surface area contributed by atoms with Gasteiger partial charge in [0.25, 0.3) is 0 Å². The maximum absolute atomic E-state index is 13.6. The summed E-state index contributed by atoms with van der Waals surface area (Å²) in [6.07, 6.45) is 9.66. The number of rotatable bonds is 0. The summed E-state index contributed by atoms with van der Waals surface area (Å²) in [5, 5.41) is 0. The van der Waals surface area contributed by atoms with Gasteiger partial charge in [-0.2, -0.15) is 0 Å². The molecule has 0 spiro atoms. The first kappa shape index (κ1) is 19.1. The average Bonchev–Trinajstić information content (AvgIpc) is 2.81. The molecule has 5 aliphatic rings. The summed E-state index contributed by atoms with van der Waals surface area (Å²) in [6.45, 7) is 19.1. The van der Waals surface area contributed by atoms with Crippen LogP contribution in [0.2, 0.25) is 0 Å². The molecule has 5 aliphatic heterocycles. The van der Waals surface area contributed by atoms with Gasteiger partial charge in [-0.25, -0.2) is 0 Å². The minimum Gasteiger partial charge on any atom is -0.298 e. The van der Waals surface area contributed by atoms with Crippen LogP contribution in [0.4, 0.5) is 0 Å². The molecule has 5 rings (SSSR count). The molecule has 0 saturated carbocycles. The van der Waals surface area contributed by atoms with Crippen molar-refractivity contribution in [1.82, 2.24) is 0 Å². The fourth-order valence-corrected chi connectivity index (χ4v) is 16.5. The molecule has 0 aliphatic carbocycles. The Morgan fingerprint density at radius 2 is 1.58 bits per heavy atom. The Morgan fingerprint density at radius 3 is 2.15 bits per heavy atom. The van der Waals surface area contributed by atoms with Crippen LogP contribution in [-0.2, 0) is 4.79 Å². The predicted octanol–water partition coefficient (Wildman–Crippen LogP) is 6.68. The second kappa shape index (κ2) is 5.64. The van der Waals surface area contributed by atoms with Crippen LogP contribution in [0, 0.1) is 10.8 Å². The first-order valence-electron chi connectivity index (χ1n) is 10.0. The summed E-state index contributed by atoms with van der Waals surface area (Å²) in [6, 6.07) is 0. The summed E-state index contributed by atoms with van der Waals surface area (Å²) < 4.78 is 0. The van der Waals surface area contributed by atoms with E-state index in [2.05, 4.69) is 73.6 Å². The zero-order chi connectivity index (χ0) is 19.2. The van der Waals surface area contributed by atoms with Gasteiger partial charge in [-0.1, -0.05) is 92.3 Å². The van der Waals surface area contributed by atoms with Gasteiger partial charge in [0.05, 0.1) is 11.3 Å². The summed E-state index contributed by atoms with van der Waals surface area (Å²) in [4.78, 5) is 13.9. The van der Waals surface area contributed by atoms with Gasteiger partial charge < -0.3 is 0 Å². The molecule has 4 bridgehead atoms. The third-order valence-corrected chi connectivity index (χ3v) is 16.2. The third kappa shape index (κ3) is 2.32. The van der Waals surface area contributed by atoms with Gasteiger partial charge in [0, 0.05) is 10.6 Å². The second-order valence-electron chi connectivity index (χ2n) is 10.8. The molecule has 1 saturated heterocycles. The van der Waals surface area contributed by atoms with E-state index in [4.69, 9.17) is 0 Å². The predicted molar refractivity (Wildman–Crippen MR) is 117 cm³/mol. The molecule has 1 fully saturated rings. The lowest BCUT2D eigenvalue weighted by Gasteiger charge is -2.62. The van der Waals surface area contributed by atoms with Crippen LogP contribution < -0.4 is 0 Å². The first-order valence-corrected chi connectivity index (χ1v) is 13.1. The molecule has 0 radical (unpaired) electrons. The van der Waals surface area contributed by atoms with E-state index >= 15 is 0 Å². The van der Waals surface area contributed by atoms with Crippen molar-refractivity contribution >= 4 is 21.6 Å². The summed E-state index contributed by atoms with van der Waals surface area (Å²) in [7, 11) is -0.740. The minimum atomic E-state index is -0.394. The van der Waals surface area contributed by atoms with Crippen molar-refractivity contribution in [1.29, 1.82) is 0 Å². The van der Waals surface area contributed by atoms with Crippen LogP contribution >= 0.6 is 15.8 Å². The lowest BCUT2D eigenvalue weighted by atomic mass is 9.82. The highest BCUT2D eigenvalue weighted by molar-refractivity contribution is 7.81. The SMILES string of the molecule is CC1=C(C)C[C@]2(C(C)(C)C)P(C1)[C@H]1C=C(C(C)(C)C)C3C=C[C@H](C1=O)P32. The fourth-order valence-electron chi connectivity index (χ4n) is 5.77. The minimum absolute atomic E-state index is 0.147.